The number of aryl methyl sites for hydroxylation is 1. The van der Waals surface area contributed by atoms with Gasteiger partial charge in [-0.05, 0) is 49.0 Å². The number of hydrogen-bond donors (Lipinski definition) is 2. The number of carbonyl (C=O) groups excluding carboxylic acids is 1. The first-order chi connectivity index (χ1) is 16.0. The molecule has 8 heteroatoms. The van der Waals surface area contributed by atoms with Crippen LogP contribution in [0.2, 0.25) is 0 Å². The van der Waals surface area contributed by atoms with Crippen molar-refractivity contribution in [1.82, 2.24) is 19.9 Å². The topological polar surface area (TPSA) is 84.2 Å². The lowest BCUT2D eigenvalue weighted by Gasteiger charge is -2.16. The van der Waals surface area contributed by atoms with Crippen LogP contribution in [0.25, 0.3) is 5.69 Å². The van der Waals surface area contributed by atoms with E-state index in [-0.39, 0.29) is 23.5 Å². The van der Waals surface area contributed by atoms with Crippen molar-refractivity contribution in [3.63, 3.8) is 0 Å². The van der Waals surface area contributed by atoms with Gasteiger partial charge in [-0.15, -0.1) is 0 Å². The molecule has 1 atom stereocenters. The van der Waals surface area contributed by atoms with Gasteiger partial charge < -0.3 is 15.2 Å². The second-order valence-electron chi connectivity index (χ2n) is 7.50. The number of nitrogens with one attached hydrogen (secondary N) is 2. The molecule has 2 N–H and O–H groups in total. The molecule has 0 saturated heterocycles. The summed E-state index contributed by atoms with van der Waals surface area (Å²) in [6.45, 7) is 5.83. The molecule has 2 aromatic carbocycles. The Kier molecular flexibility index (Phi) is 6.54. The highest BCUT2D eigenvalue weighted by molar-refractivity contribution is 5.92. The summed E-state index contributed by atoms with van der Waals surface area (Å²) in [6.07, 6.45) is 4.98. The molecule has 4 aromatic rings. The fraction of sp³-hybridized carbons (Fsp3) is 0.120. The van der Waals surface area contributed by atoms with E-state index in [9.17, 15) is 9.18 Å². The number of rotatable bonds is 8. The number of imidazole rings is 1. The van der Waals surface area contributed by atoms with Crippen LogP contribution >= 0.6 is 0 Å². The lowest BCUT2D eigenvalue weighted by atomic mass is 10.1. The summed E-state index contributed by atoms with van der Waals surface area (Å²) in [5.41, 5.74) is 3.66. The Morgan fingerprint density at radius 3 is 2.64 bits per heavy atom. The minimum absolute atomic E-state index is 0.282. The lowest BCUT2D eigenvalue weighted by Crippen LogP contribution is -2.30. The molecule has 0 aliphatic heterocycles. The molecule has 0 fully saturated rings. The van der Waals surface area contributed by atoms with Crippen molar-refractivity contribution >= 4 is 24.1 Å². The molecule has 1 amide bonds. The summed E-state index contributed by atoms with van der Waals surface area (Å²) in [4.78, 5) is 25.5. The largest absolute Gasteiger partial charge is 0.342 e. The van der Waals surface area contributed by atoms with Gasteiger partial charge in [0.1, 0.15) is 23.7 Å². The Labute approximate surface area is 191 Å². The van der Waals surface area contributed by atoms with Crippen LogP contribution in [0.3, 0.4) is 0 Å². The molecule has 7 nitrogen and oxygen atoms in total. The number of carbonyl (C=O) groups is 1. The number of anilines is 2. The van der Waals surface area contributed by atoms with Gasteiger partial charge in [0.05, 0.1) is 18.3 Å². The number of aromatic nitrogens is 3. The van der Waals surface area contributed by atoms with Crippen LogP contribution in [-0.4, -0.2) is 33.7 Å². The Morgan fingerprint density at radius 1 is 1.15 bits per heavy atom. The van der Waals surface area contributed by atoms with Crippen molar-refractivity contribution in [2.24, 2.45) is 4.99 Å². The summed E-state index contributed by atoms with van der Waals surface area (Å²) >= 11 is 0. The number of halogens is 1. The second-order valence-corrected chi connectivity index (χ2v) is 7.50. The Hall–Kier alpha value is -4.33. The highest BCUT2D eigenvalue weighted by atomic mass is 19.1. The first-order valence-electron chi connectivity index (χ1n) is 10.4. The summed E-state index contributed by atoms with van der Waals surface area (Å²) in [7, 11) is 0. The Bertz CT molecular complexity index is 1250. The van der Waals surface area contributed by atoms with Gasteiger partial charge in [0, 0.05) is 24.1 Å². The van der Waals surface area contributed by atoms with E-state index in [2.05, 4.69) is 32.3 Å². The zero-order chi connectivity index (χ0) is 23.2. The van der Waals surface area contributed by atoms with Crippen LogP contribution in [0.1, 0.15) is 27.7 Å². The van der Waals surface area contributed by atoms with Crippen molar-refractivity contribution < 1.29 is 9.18 Å². The van der Waals surface area contributed by atoms with E-state index in [1.165, 1.54) is 12.1 Å². The predicted octanol–water partition coefficient (Wildman–Crippen LogP) is 4.63. The molecule has 166 valence electrons. The fourth-order valence-corrected chi connectivity index (χ4v) is 3.39. The summed E-state index contributed by atoms with van der Waals surface area (Å²) < 4.78 is 14.9. The first kappa shape index (κ1) is 21.9. The lowest BCUT2D eigenvalue weighted by molar-refractivity contribution is 0.0933. The smallest absolute Gasteiger partial charge is 0.272 e. The summed E-state index contributed by atoms with van der Waals surface area (Å²) in [6, 6.07) is 17.2. The number of pyridine rings is 1. The van der Waals surface area contributed by atoms with E-state index >= 15 is 0 Å². The van der Waals surface area contributed by atoms with Crippen LogP contribution in [0, 0.1) is 12.7 Å². The maximum Gasteiger partial charge on any atom is 0.272 e. The molecule has 2 aromatic heterocycles. The first-order valence-corrected chi connectivity index (χ1v) is 10.4. The average Bonchev–Trinajstić information content (AvgIpc) is 3.32. The Balaban J connectivity index is 1.53. The van der Waals surface area contributed by atoms with Crippen molar-refractivity contribution in [3.05, 3.63) is 102 Å². The normalized spacial score (nSPS) is 11.6. The average molecular weight is 442 g/mol. The molecule has 33 heavy (non-hydrogen) atoms. The van der Waals surface area contributed by atoms with Crippen molar-refractivity contribution in [2.45, 2.75) is 13.0 Å². The van der Waals surface area contributed by atoms with Gasteiger partial charge in [-0.2, -0.15) is 0 Å². The van der Waals surface area contributed by atoms with Gasteiger partial charge in [-0.3, -0.25) is 9.79 Å². The van der Waals surface area contributed by atoms with Crippen molar-refractivity contribution in [3.8, 4) is 5.69 Å². The highest BCUT2D eigenvalue weighted by Crippen LogP contribution is 2.21. The third kappa shape index (κ3) is 5.30. The zero-order valence-corrected chi connectivity index (χ0v) is 18.1. The van der Waals surface area contributed by atoms with Gasteiger partial charge >= 0.3 is 0 Å². The van der Waals surface area contributed by atoms with Gasteiger partial charge in [-0.25, -0.2) is 14.4 Å². The number of amides is 1. The molecule has 0 spiro atoms. The van der Waals surface area contributed by atoms with Crippen LogP contribution < -0.4 is 10.6 Å². The quantitative estimate of drug-likeness (QED) is 0.390. The molecular formula is C25H23FN6O. The molecule has 0 aliphatic rings. The molecule has 0 radical (unpaired) electrons. The SMILES string of the molecule is C=NCC(NC(=O)c1cn(-c2cc(Nc3ccc(F)cc3)ncc2C)cn1)c1ccccc1. The minimum atomic E-state index is -0.305. The van der Waals surface area contributed by atoms with Crippen LogP contribution in [0.4, 0.5) is 15.9 Å². The number of aliphatic imine (C=N–C) groups is 1. The van der Waals surface area contributed by atoms with E-state index in [1.54, 1.807) is 35.4 Å². The number of hydrogen-bond acceptors (Lipinski definition) is 5. The molecule has 1 unspecified atom stereocenters. The van der Waals surface area contributed by atoms with Gasteiger partial charge in [-0.1, -0.05) is 30.3 Å². The number of benzene rings is 2. The summed E-state index contributed by atoms with van der Waals surface area (Å²) in [5.74, 6) is -0.0218. The van der Waals surface area contributed by atoms with Gasteiger partial charge in [0.15, 0.2) is 0 Å². The van der Waals surface area contributed by atoms with Crippen LogP contribution in [0.15, 0.2) is 84.4 Å². The standard InChI is InChI=1S/C25H23FN6O/c1-17-13-28-24(30-20-10-8-19(26)9-11-20)12-23(17)32-15-22(29-16-32)25(33)31-21(14-27-2)18-6-4-3-5-7-18/h3-13,15-16,21H,2,14H2,1H3,(H,28,30)(H,31,33). The monoisotopic (exact) mass is 442 g/mol. The van der Waals surface area contributed by atoms with E-state index in [1.807, 2.05) is 43.3 Å². The zero-order valence-electron chi connectivity index (χ0n) is 18.1. The fourth-order valence-electron chi connectivity index (χ4n) is 3.39. The molecule has 4 rings (SSSR count). The third-order valence-electron chi connectivity index (χ3n) is 5.10. The Morgan fingerprint density at radius 2 is 1.91 bits per heavy atom. The molecule has 0 saturated carbocycles. The van der Waals surface area contributed by atoms with E-state index < -0.39 is 0 Å². The van der Waals surface area contributed by atoms with Gasteiger partial charge in [0.2, 0.25) is 0 Å². The van der Waals surface area contributed by atoms with Crippen molar-refractivity contribution in [1.29, 1.82) is 0 Å². The van der Waals surface area contributed by atoms with E-state index in [0.29, 0.717) is 18.1 Å². The maximum absolute atomic E-state index is 13.2. The number of nitrogens with zero attached hydrogens (tertiary/aromatic N) is 4. The van der Waals surface area contributed by atoms with Crippen LogP contribution in [0.5, 0.6) is 0 Å². The van der Waals surface area contributed by atoms with E-state index in [0.717, 1.165) is 16.8 Å². The van der Waals surface area contributed by atoms with Crippen molar-refractivity contribution in [2.75, 3.05) is 11.9 Å². The van der Waals surface area contributed by atoms with E-state index in [4.69, 9.17) is 0 Å². The van der Waals surface area contributed by atoms with Gasteiger partial charge in [0.25, 0.3) is 5.91 Å². The molecular weight excluding hydrogens is 419 g/mol. The second kappa shape index (κ2) is 9.86. The molecule has 0 bridgehead atoms. The minimum Gasteiger partial charge on any atom is -0.342 e. The molecule has 0 aliphatic carbocycles. The summed E-state index contributed by atoms with van der Waals surface area (Å²) in [5, 5.41) is 6.12. The van der Waals surface area contributed by atoms with Crippen LogP contribution in [-0.2, 0) is 0 Å². The maximum atomic E-state index is 13.2. The highest BCUT2D eigenvalue weighted by Gasteiger charge is 2.17. The third-order valence-corrected chi connectivity index (χ3v) is 5.10. The molecule has 2 heterocycles. The predicted molar refractivity (Wildman–Crippen MR) is 127 cm³/mol.